The van der Waals surface area contributed by atoms with Crippen molar-refractivity contribution in [3.63, 3.8) is 0 Å². The average molecular weight is 568 g/mol. The fraction of sp³-hybridized carbons (Fsp3) is 0. The second kappa shape index (κ2) is 5.47. The van der Waals surface area contributed by atoms with Gasteiger partial charge in [0.1, 0.15) is 0 Å². The second-order valence-corrected chi connectivity index (χ2v) is 7.29. The molecule has 0 spiro atoms. The molecule has 0 saturated heterocycles. The van der Waals surface area contributed by atoms with Crippen LogP contribution < -0.4 is 5.32 Å². The number of hydrogen-bond acceptors (Lipinski definition) is 2. The molecule has 1 heterocycles. The summed E-state index contributed by atoms with van der Waals surface area (Å²) in [6.07, 6.45) is 1.28. The van der Waals surface area contributed by atoms with Crippen LogP contribution in [0.4, 0.5) is 0 Å². The molecule has 2 amide bonds. The van der Waals surface area contributed by atoms with E-state index in [1.54, 1.807) is 0 Å². The minimum Gasteiger partial charge on any atom is -0.289 e. The van der Waals surface area contributed by atoms with Crippen molar-refractivity contribution in [2.45, 2.75) is 0 Å². The fourth-order valence-electron chi connectivity index (χ4n) is 1.44. The summed E-state index contributed by atoms with van der Waals surface area (Å²) in [5.41, 5.74) is 0.924. The summed E-state index contributed by atoms with van der Waals surface area (Å²) in [5.74, 6) is -0.827. The highest BCUT2D eigenvalue weighted by molar-refractivity contribution is 9.15. The molecule has 0 fully saturated rings. The smallest absolute Gasteiger partial charge is 0.258 e. The van der Waals surface area contributed by atoms with Crippen molar-refractivity contribution in [2.75, 3.05) is 0 Å². The van der Waals surface area contributed by atoms with Gasteiger partial charge in [-0.25, -0.2) is 0 Å². The monoisotopic (exact) mass is 563 g/mol. The first-order valence-corrected chi connectivity index (χ1v) is 8.40. The maximum Gasteiger partial charge on any atom is 0.258 e. The number of amides is 2. The Kier molecular flexibility index (Phi) is 4.53. The summed E-state index contributed by atoms with van der Waals surface area (Å²) < 4.78 is 3.66. The van der Waals surface area contributed by atoms with E-state index in [2.05, 4.69) is 85.0 Å². The molecule has 0 atom stereocenters. The molecule has 8 heteroatoms. The Morgan fingerprint density at radius 2 is 1.22 bits per heavy atom. The van der Waals surface area contributed by atoms with Gasteiger partial charge >= 0.3 is 0 Å². The first-order chi connectivity index (χ1) is 8.34. The first-order valence-electron chi connectivity index (χ1n) is 4.43. The van der Waals surface area contributed by atoms with E-state index in [0.29, 0.717) is 20.1 Å². The van der Waals surface area contributed by atoms with Crippen molar-refractivity contribution in [3.05, 3.63) is 34.0 Å². The largest absolute Gasteiger partial charge is 0.289 e. The number of halogens is 5. The minimum absolute atomic E-state index is 0.313. The molecule has 0 aliphatic carbocycles. The van der Waals surface area contributed by atoms with E-state index in [9.17, 15) is 9.59 Å². The normalized spacial score (nSPS) is 14.8. The average Bonchev–Trinajstić information content (AvgIpc) is 2.64. The molecule has 3 nitrogen and oxygen atoms in total. The molecule has 2 rings (SSSR count). The first kappa shape index (κ1) is 14.9. The second-order valence-electron chi connectivity index (χ2n) is 3.32. The Hall–Kier alpha value is 0.500. The lowest BCUT2D eigenvalue weighted by Gasteiger charge is -2.13. The quantitative estimate of drug-likeness (QED) is 0.308. The summed E-state index contributed by atoms with van der Waals surface area (Å²) in [7, 11) is 0. The van der Waals surface area contributed by atoms with Crippen molar-refractivity contribution in [3.8, 4) is 0 Å². The third kappa shape index (κ3) is 2.42. The molecule has 0 unspecified atom stereocenters. The van der Waals surface area contributed by atoms with E-state index in [0.717, 1.165) is 13.4 Å². The third-order valence-electron chi connectivity index (χ3n) is 2.24. The summed E-state index contributed by atoms with van der Waals surface area (Å²) in [6, 6.07) is 0. The predicted molar refractivity (Wildman–Crippen MR) is 86.1 cm³/mol. The Morgan fingerprint density at radius 3 is 1.61 bits per heavy atom. The van der Waals surface area contributed by atoms with Crippen LogP contribution in [-0.2, 0) is 9.59 Å². The molecule has 94 valence electrons. The van der Waals surface area contributed by atoms with Gasteiger partial charge in [-0.3, -0.25) is 14.9 Å². The van der Waals surface area contributed by atoms with Crippen LogP contribution in [0, 0.1) is 0 Å². The summed E-state index contributed by atoms with van der Waals surface area (Å²) in [6.45, 7) is 0. The van der Waals surface area contributed by atoms with E-state index in [-0.39, 0.29) is 0 Å². The lowest BCUT2D eigenvalue weighted by atomic mass is 10.1. The molecule has 1 aliphatic rings. The van der Waals surface area contributed by atoms with E-state index >= 15 is 0 Å². The van der Waals surface area contributed by atoms with Gasteiger partial charge in [-0.15, -0.1) is 0 Å². The third-order valence-corrected chi connectivity index (χ3v) is 8.33. The number of nitrogens with one attached hydrogen (secondary N) is 1. The maximum absolute atomic E-state index is 11.7. The van der Waals surface area contributed by atoms with Gasteiger partial charge in [-0.2, -0.15) is 0 Å². The van der Waals surface area contributed by atoms with Crippen LogP contribution in [0.3, 0.4) is 0 Å². The Morgan fingerprint density at radius 1 is 0.778 bits per heavy atom. The van der Waals surface area contributed by atoms with Crippen LogP contribution in [0.15, 0.2) is 28.4 Å². The Labute approximate surface area is 144 Å². The van der Waals surface area contributed by atoms with Crippen molar-refractivity contribution >= 4 is 97.0 Å². The van der Waals surface area contributed by atoms with Crippen molar-refractivity contribution < 1.29 is 9.59 Å². The standard InChI is InChI=1S/C10H2Br5NO2/c11-5-4(2-1-3(17)16-10(2)18)6(12)8(14)9(15)7(5)13/h1H,(H,16,17,18). The molecular formula is C10H2Br5NO2. The zero-order valence-electron chi connectivity index (χ0n) is 8.28. The summed E-state index contributed by atoms with van der Waals surface area (Å²) >= 11 is 17.1. The fourth-order valence-corrected chi connectivity index (χ4v) is 4.91. The van der Waals surface area contributed by atoms with Crippen LogP contribution >= 0.6 is 79.6 Å². The number of benzene rings is 1. The van der Waals surface area contributed by atoms with Crippen LogP contribution in [0.5, 0.6) is 0 Å². The van der Waals surface area contributed by atoms with Crippen molar-refractivity contribution in [1.82, 2.24) is 5.32 Å². The van der Waals surface area contributed by atoms with Crippen LogP contribution in [-0.4, -0.2) is 11.8 Å². The number of hydrogen-bond donors (Lipinski definition) is 1. The topological polar surface area (TPSA) is 46.2 Å². The van der Waals surface area contributed by atoms with Gasteiger partial charge in [0.05, 0.1) is 5.57 Å². The lowest BCUT2D eigenvalue weighted by molar-refractivity contribution is -0.123. The van der Waals surface area contributed by atoms with Gasteiger partial charge < -0.3 is 0 Å². The van der Waals surface area contributed by atoms with E-state index in [1.165, 1.54) is 6.08 Å². The molecule has 0 bridgehead atoms. The lowest BCUT2D eigenvalue weighted by Crippen LogP contribution is -2.22. The Bertz CT molecular complexity index is 594. The molecule has 1 N–H and O–H groups in total. The molecule has 0 radical (unpaired) electrons. The highest BCUT2D eigenvalue weighted by Gasteiger charge is 2.28. The van der Waals surface area contributed by atoms with Gasteiger partial charge in [0.15, 0.2) is 0 Å². The highest BCUT2D eigenvalue weighted by atomic mass is 79.9. The van der Waals surface area contributed by atoms with E-state index < -0.39 is 11.8 Å². The van der Waals surface area contributed by atoms with Gasteiger partial charge in [-0.1, -0.05) is 0 Å². The van der Waals surface area contributed by atoms with E-state index in [1.807, 2.05) is 0 Å². The molecule has 1 aromatic carbocycles. The number of imide groups is 1. The Balaban J connectivity index is 2.77. The maximum atomic E-state index is 11.7. The molecule has 1 aliphatic heterocycles. The van der Waals surface area contributed by atoms with Gasteiger partial charge in [0, 0.05) is 34.0 Å². The summed E-state index contributed by atoms with van der Waals surface area (Å²) in [4.78, 5) is 22.9. The minimum atomic E-state index is -0.414. The van der Waals surface area contributed by atoms with Crippen LogP contribution in [0.1, 0.15) is 5.56 Å². The molecule has 18 heavy (non-hydrogen) atoms. The predicted octanol–water partition coefficient (Wildman–Crippen LogP) is 4.54. The number of rotatable bonds is 1. The van der Waals surface area contributed by atoms with Crippen molar-refractivity contribution in [1.29, 1.82) is 0 Å². The summed E-state index contributed by atoms with van der Waals surface area (Å²) in [5, 5.41) is 2.22. The van der Waals surface area contributed by atoms with Gasteiger partial charge in [0.2, 0.25) is 0 Å². The number of carbonyl (C=O) groups excluding carboxylic acids is 2. The molecular weight excluding hydrogens is 566 g/mol. The van der Waals surface area contributed by atoms with Crippen LogP contribution in [0.25, 0.3) is 5.57 Å². The van der Waals surface area contributed by atoms with Gasteiger partial charge in [-0.05, 0) is 79.6 Å². The molecule has 0 saturated carbocycles. The zero-order chi connectivity index (χ0) is 13.6. The zero-order valence-corrected chi connectivity index (χ0v) is 16.2. The van der Waals surface area contributed by atoms with Gasteiger partial charge in [0.25, 0.3) is 11.8 Å². The van der Waals surface area contributed by atoms with E-state index in [4.69, 9.17) is 0 Å². The number of carbonyl (C=O) groups is 2. The molecule has 1 aromatic rings. The SMILES string of the molecule is O=C1C=C(c2c(Br)c(Br)c(Br)c(Br)c2Br)C(=O)N1. The van der Waals surface area contributed by atoms with Crippen molar-refractivity contribution in [2.24, 2.45) is 0 Å². The van der Waals surface area contributed by atoms with Crippen LogP contribution in [0.2, 0.25) is 0 Å². The molecule has 0 aromatic heterocycles. The highest BCUT2D eigenvalue weighted by Crippen LogP contribution is 2.47.